The third-order valence-corrected chi connectivity index (χ3v) is 3.50. The molecule has 0 spiro atoms. The Balaban J connectivity index is 2.58. The highest BCUT2D eigenvalue weighted by molar-refractivity contribution is 5.83. The van der Waals surface area contributed by atoms with Crippen molar-refractivity contribution in [2.45, 2.75) is 38.3 Å². The first-order chi connectivity index (χ1) is 9.11. The molecule has 6 nitrogen and oxygen atoms in total. The molecule has 1 fully saturated rings. The van der Waals surface area contributed by atoms with Crippen LogP contribution in [0.3, 0.4) is 0 Å². The van der Waals surface area contributed by atoms with E-state index >= 15 is 0 Å². The lowest BCUT2D eigenvalue weighted by Gasteiger charge is -2.37. The molecule has 0 radical (unpaired) electrons. The second-order valence-electron chi connectivity index (χ2n) is 4.73. The zero-order chi connectivity index (χ0) is 14.3. The number of methoxy groups -OCH3 is 2. The predicted octanol–water partition coefficient (Wildman–Crippen LogP) is 0.165. The van der Waals surface area contributed by atoms with Gasteiger partial charge in [0.15, 0.2) is 0 Å². The molecule has 0 bridgehead atoms. The number of likely N-dealkylation sites (tertiary alicyclic amines) is 1. The van der Waals surface area contributed by atoms with E-state index < -0.39 is 0 Å². The molecule has 1 heterocycles. The van der Waals surface area contributed by atoms with Crippen LogP contribution in [0.5, 0.6) is 0 Å². The van der Waals surface area contributed by atoms with Gasteiger partial charge >= 0.3 is 5.97 Å². The minimum Gasteiger partial charge on any atom is -0.468 e. The molecule has 0 aromatic carbocycles. The summed E-state index contributed by atoms with van der Waals surface area (Å²) in [5.41, 5.74) is 0. The summed E-state index contributed by atoms with van der Waals surface area (Å²) in [7, 11) is 2.98. The van der Waals surface area contributed by atoms with Gasteiger partial charge in [-0.25, -0.2) is 0 Å². The molecule has 2 unspecified atom stereocenters. The van der Waals surface area contributed by atoms with Gasteiger partial charge in [-0.05, 0) is 26.3 Å². The summed E-state index contributed by atoms with van der Waals surface area (Å²) in [5.74, 6) is -0.330. The Morgan fingerprint density at radius 3 is 2.74 bits per heavy atom. The van der Waals surface area contributed by atoms with E-state index in [1.54, 1.807) is 7.11 Å². The number of nitrogens with one attached hydrogen (secondary N) is 1. The average molecular weight is 272 g/mol. The summed E-state index contributed by atoms with van der Waals surface area (Å²) in [6, 6.07) is -0.636. The van der Waals surface area contributed by atoms with Crippen molar-refractivity contribution in [3.8, 4) is 0 Å². The molecule has 1 saturated heterocycles. The van der Waals surface area contributed by atoms with Crippen molar-refractivity contribution in [1.82, 2.24) is 10.2 Å². The molecule has 1 aliphatic heterocycles. The van der Waals surface area contributed by atoms with Crippen molar-refractivity contribution >= 4 is 11.9 Å². The summed E-state index contributed by atoms with van der Waals surface area (Å²) in [4.78, 5) is 25.7. The van der Waals surface area contributed by atoms with Gasteiger partial charge < -0.3 is 14.8 Å². The van der Waals surface area contributed by atoms with E-state index in [-0.39, 0.29) is 24.0 Å². The number of carbonyl (C=O) groups excluding carboxylic acids is 2. The molecule has 1 aliphatic rings. The normalized spacial score (nSPS) is 21.7. The fraction of sp³-hybridized carbons (Fsp3) is 0.846. The van der Waals surface area contributed by atoms with Crippen LogP contribution >= 0.6 is 0 Å². The Morgan fingerprint density at radius 1 is 1.37 bits per heavy atom. The molecule has 19 heavy (non-hydrogen) atoms. The van der Waals surface area contributed by atoms with Crippen molar-refractivity contribution in [2.24, 2.45) is 0 Å². The van der Waals surface area contributed by atoms with E-state index in [4.69, 9.17) is 9.47 Å². The summed E-state index contributed by atoms with van der Waals surface area (Å²) in [6.07, 6.45) is 2.75. The van der Waals surface area contributed by atoms with Crippen LogP contribution in [0.1, 0.15) is 26.2 Å². The molecule has 0 aliphatic carbocycles. The highest BCUT2D eigenvalue weighted by Gasteiger charge is 2.34. The van der Waals surface area contributed by atoms with Crippen LogP contribution in [-0.4, -0.2) is 62.8 Å². The van der Waals surface area contributed by atoms with Crippen molar-refractivity contribution in [1.29, 1.82) is 0 Å². The molecule has 110 valence electrons. The Hall–Kier alpha value is -1.14. The summed E-state index contributed by atoms with van der Waals surface area (Å²) in [6.45, 7) is 3.54. The van der Waals surface area contributed by atoms with Gasteiger partial charge in [0, 0.05) is 13.7 Å². The van der Waals surface area contributed by atoms with E-state index in [0.29, 0.717) is 13.2 Å². The quantitative estimate of drug-likeness (QED) is 0.551. The smallest absolute Gasteiger partial charge is 0.323 e. The Morgan fingerprint density at radius 2 is 2.11 bits per heavy atom. The minimum atomic E-state index is -0.332. The summed E-state index contributed by atoms with van der Waals surface area (Å²) < 4.78 is 9.71. The van der Waals surface area contributed by atoms with Crippen molar-refractivity contribution < 1.29 is 19.1 Å². The van der Waals surface area contributed by atoms with E-state index in [1.807, 2.05) is 11.8 Å². The van der Waals surface area contributed by atoms with E-state index in [9.17, 15) is 9.59 Å². The molecule has 0 aromatic rings. The lowest BCUT2D eigenvalue weighted by atomic mass is 10.00. The standard InChI is InChI=1S/C13H24N2O4/c1-10(12(16)14-7-9-18-2)15-8-5-4-6-11(15)13(17)19-3/h10-11H,4-9H2,1-3H3,(H,14,16). The van der Waals surface area contributed by atoms with Crippen LogP contribution in [0.25, 0.3) is 0 Å². The van der Waals surface area contributed by atoms with Crippen LogP contribution < -0.4 is 5.32 Å². The van der Waals surface area contributed by atoms with Crippen LogP contribution in [0.2, 0.25) is 0 Å². The zero-order valence-corrected chi connectivity index (χ0v) is 12.0. The molecular weight excluding hydrogens is 248 g/mol. The maximum atomic E-state index is 12.0. The predicted molar refractivity (Wildman–Crippen MR) is 70.7 cm³/mol. The number of amides is 1. The number of rotatable bonds is 6. The van der Waals surface area contributed by atoms with Crippen LogP contribution in [0.15, 0.2) is 0 Å². The second kappa shape index (κ2) is 8.12. The monoisotopic (exact) mass is 272 g/mol. The number of nitrogens with zero attached hydrogens (tertiary/aromatic N) is 1. The third-order valence-electron chi connectivity index (χ3n) is 3.50. The number of piperidine rings is 1. The number of esters is 1. The maximum absolute atomic E-state index is 12.0. The Bertz CT molecular complexity index is 309. The van der Waals surface area contributed by atoms with Gasteiger partial charge in [-0.1, -0.05) is 6.42 Å². The molecular formula is C13H24N2O4. The van der Waals surface area contributed by atoms with Gasteiger partial charge in [0.05, 0.1) is 19.8 Å². The third kappa shape index (κ3) is 4.47. The number of hydrogen-bond donors (Lipinski definition) is 1. The maximum Gasteiger partial charge on any atom is 0.323 e. The fourth-order valence-corrected chi connectivity index (χ4v) is 2.38. The number of ether oxygens (including phenoxy) is 2. The first kappa shape index (κ1) is 15.9. The van der Waals surface area contributed by atoms with Crippen LogP contribution in [-0.2, 0) is 19.1 Å². The van der Waals surface area contributed by atoms with Gasteiger partial charge in [0.25, 0.3) is 0 Å². The van der Waals surface area contributed by atoms with Crippen molar-refractivity contribution in [3.63, 3.8) is 0 Å². The highest BCUT2D eigenvalue weighted by atomic mass is 16.5. The van der Waals surface area contributed by atoms with E-state index in [0.717, 1.165) is 25.8 Å². The SMILES string of the molecule is COCCNC(=O)C(C)N1CCCCC1C(=O)OC. The molecule has 1 rings (SSSR count). The summed E-state index contributed by atoms with van der Waals surface area (Å²) in [5, 5.41) is 2.80. The van der Waals surface area contributed by atoms with Gasteiger partial charge in [-0.3, -0.25) is 14.5 Å². The van der Waals surface area contributed by atoms with Crippen LogP contribution in [0, 0.1) is 0 Å². The molecule has 0 aromatic heterocycles. The van der Waals surface area contributed by atoms with Gasteiger partial charge in [0.2, 0.25) is 5.91 Å². The minimum absolute atomic E-state index is 0.0761. The average Bonchev–Trinajstić information content (AvgIpc) is 2.45. The molecule has 6 heteroatoms. The second-order valence-corrected chi connectivity index (χ2v) is 4.73. The van der Waals surface area contributed by atoms with Crippen molar-refractivity contribution in [2.75, 3.05) is 33.9 Å². The molecule has 2 atom stereocenters. The van der Waals surface area contributed by atoms with Gasteiger partial charge in [0.1, 0.15) is 6.04 Å². The molecule has 1 amide bonds. The highest BCUT2D eigenvalue weighted by Crippen LogP contribution is 2.20. The first-order valence-electron chi connectivity index (χ1n) is 6.72. The van der Waals surface area contributed by atoms with E-state index in [1.165, 1.54) is 7.11 Å². The van der Waals surface area contributed by atoms with Crippen LogP contribution in [0.4, 0.5) is 0 Å². The summed E-state index contributed by atoms with van der Waals surface area (Å²) >= 11 is 0. The fourth-order valence-electron chi connectivity index (χ4n) is 2.38. The largest absolute Gasteiger partial charge is 0.468 e. The lowest BCUT2D eigenvalue weighted by Crippen LogP contribution is -2.54. The lowest BCUT2D eigenvalue weighted by molar-refractivity contribution is -0.150. The van der Waals surface area contributed by atoms with Gasteiger partial charge in [-0.2, -0.15) is 0 Å². The number of hydrogen-bond acceptors (Lipinski definition) is 5. The Kier molecular flexibility index (Phi) is 6.80. The zero-order valence-electron chi connectivity index (χ0n) is 12.0. The number of carbonyl (C=O) groups is 2. The van der Waals surface area contributed by atoms with Crippen molar-refractivity contribution in [3.05, 3.63) is 0 Å². The Labute approximate surface area is 114 Å². The molecule has 0 saturated carbocycles. The van der Waals surface area contributed by atoms with Gasteiger partial charge in [-0.15, -0.1) is 0 Å². The molecule has 1 N–H and O–H groups in total. The topological polar surface area (TPSA) is 67.9 Å². The van der Waals surface area contributed by atoms with E-state index in [2.05, 4.69) is 5.32 Å². The first-order valence-corrected chi connectivity index (χ1v) is 6.72.